The maximum Gasteiger partial charge on any atom is 0.269 e. The van der Waals surface area contributed by atoms with E-state index in [0.29, 0.717) is 29.3 Å². The molecule has 0 aliphatic heterocycles. The second-order valence-corrected chi connectivity index (χ2v) is 9.35. The normalized spacial score (nSPS) is 11.0. The van der Waals surface area contributed by atoms with E-state index < -0.39 is 10.0 Å². The number of carbonyl (C=O) groups excluding carboxylic acids is 1. The standard InChI is InChI=1S/C27H25N3O4S/c1-3-34-23-15-17-24(18-16-23)35(32,33)30-22-13-11-21(12-14-22)27(31)29-28-19(2)25-10-6-8-20-7-4-5-9-26(20)25/h4-18,28,30H,2-3H2,1H3,(H,29,31). The first-order valence-electron chi connectivity index (χ1n) is 11.0. The average molecular weight is 488 g/mol. The van der Waals surface area contributed by atoms with Gasteiger partial charge in [0.2, 0.25) is 0 Å². The van der Waals surface area contributed by atoms with Crippen molar-refractivity contribution in [2.45, 2.75) is 11.8 Å². The van der Waals surface area contributed by atoms with Gasteiger partial charge < -0.3 is 4.74 Å². The molecule has 7 nitrogen and oxygen atoms in total. The lowest BCUT2D eigenvalue weighted by Crippen LogP contribution is -2.35. The van der Waals surface area contributed by atoms with Gasteiger partial charge in [0.25, 0.3) is 15.9 Å². The third kappa shape index (κ3) is 5.62. The van der Waals surface area contributed by atoms with Crippen molar-refractivity contribution < 1.29 is 17.9 Å². The number of fused-ring (bicyclic) bond motifs is 1. The number of sulfonamides is 1. The molecular weight excluding hydrogens is 462 g/mol. The molecule has 35 heavy (non-hydrogen) atoms. The summed E-state index contributed by atoms with van der Waals surface area (Å²) in [6.07, 6.45) is 0. The third-order valence-corrected chi connectivity index (χ3v) is 6.68. The molecule has 4 aromatic carbocycles. The number of amides is 1. The SMILES string of the molecule is C=C(NNC(=O)c1ccc(NS(=O)(=O)c2ccc(OCC)cc2)cc1)c1cccc2ccccc12. The summed E-state index contributed by atoms with van der Waals surface area (Å²) in [6.45, 7) is 6.38. The number of hydrazine groups is 1. The van der Waals surface area contributed by atoms with Crippen LogP contribution >= 0.6 is 0 Å². The van der Waals surface area contributed by atoms with Crippen molar-refractivity contribution in [3.05, 3.63) is 109 Å². The molecule has 0 aliphatic rings. The first-order chi connectivity index (χ1) is 16.9. The maximum atomic E-state index is 12.6. The Bertz CT molecular complexity index is 1460. The molecule has 0 saturated carbocycles. The molecule has 0 atom stereocenters. The molecule has 0 saturated heterocycles. The molecule has 0 aliphatic carbocycles. The highest BCUT2D eigenvalue weighted by Crippen LogP contribution is 2.23. The van der Waals surface area contributed by atoms with Crippen molar-refractivity contribution in [3.63, 3.8) is 0 Å². The number of ether oxygens (including phenoxy) is 1. The second kappa shape index (κ2) is 10.3. The minimum Gasteiger partial charge on any atom is -0.494 e. The number of nitrogens with one attached hydrogen (secondary N) is 3. The summed E-state index contributed by atoms with van der Waals surface area (Å²) in [5.74, 6) is 0.214. The molecule has 0 spiro atoms. The van der Waals surface area contributed by atoms with Crippen molar-refractivity contribution in [3.8, 4) is 5.75 Å². The zero-order valence-corrected chi connectivity index (χ0v) is 19.9. The van der Waals surface area contributed by atoms with Gasteiger partial charge in [-0.3, -0.25) is 20.4 Å². The van der Waals surface area contributed by atoms with Crippen molar-refractivity contribution in [1.29, 1.82) is 0 Å². The van der Waals surface area contributed by atoms with Crippen LogP contribution in [0, 0.1) is 0 Å². The number of carbonyl (C=O) groups is 1. The van der Waals surface area contributed by atoms with Crippen LogP contribution < -0.4 is 20.3 Å². The van der Waals surface area contributed by atoms with Crippen LogP contribution in [0.1, 0.15) is 22.8 Å². The van der Waals surface area contributed by atoms with Gasteiger partial charge in [0, 0.05) is 16.8 Å². The molecule has 0 bridgehead atoms. The summed E-state index contributed by atoms with van der Waals surface area (Å²) >= 11 is 0. The Labute approximate surface area is 204 Å². The second-order valence-electron chi connectivity index (χ2n) is 7.67. The average Bonchev–Trinajstić information content (AvgIpc) is 2.87. The highest BCUT2D eigenvalue weighted by Gasteiger charge is 2.15. The molecule has 3 N–H and O–H groups in total. The molecule has 0 fully saturated rings. The van der Waals surface area contributed by atoms with Gasteiger partial charge in [-0.25, -0.2) is 8.42 Å². The van der Waals surface area contributed by atoms with Gasteiger partial charge in [0.1, 0.15) is 5.75 Å². The number of benzene rings is 4. The van der Waals surface area contributed by atoms with E-state index in [2.05, 4.69) is 22.2 Å². The molecule has 178 valence electrons. The van der Waals surface area contributed by atoms with Crippen LogP contribution in [0.25, 0.3) is 16.5 Å². The van der Waals surface area contributed by atoms with Crippen LogP contribution in [-0.2, 0) is 10.0 Å². The van der Waals surface area contributed by atoms with E-state index in [-0.39, 0.29) is 10.8 Å². The van der Waals surface area contributed by atoms with Gasteiger partial charge in [0.05, 0.1) is 17.2 Å². The summed E-state index contributed by atoms with van der Waals surface area (Å²) in [7, 11) is -3.78. The molecule has 0 unspecified atom stereocenters. The van der Waals surface area contributed by atoms with Gasteiger partial charge in [0.15, 0.2) is 0 Å². The van der Waals surface area contributed by atoms with Crippen molar-refractivity contribution >= 4 is 38.1 Å². The molecule has 1 amide bonds. The van der Waals surface area contributed by atoms with Crippen molar-refractivity contribution in [2.24, 2.45) is 0 Å². The minimum atomic E-state index is -3.78. The number of rotatable bonds is 9. The Morgan fingerprint density at radius 2 is 1.54 bits per heavy atom. The molecule has 0 radical (unpaired) electrons. The van der Waals surface area contributed by atoms with E-state index in [0.717, 1.165) is 16.3 Å². The summed E-state index contributed by atoms with van der Waals surface area (Å²) in [5.41, 5.74) is 7.61. The number of anilines is 1. The van der Waals surface area contributed by atoms with Crippen LogP contribution in [-0.4, -0.2) is 20.9 Å². The van der Waals surface area contributed by atoms with Gasteiger partial charge in [-0.1, -0.05) is 49.0 Å². The lowest BCUT2D eigenvalue weighted by Gasteiger charge is -2.14. The van der Waals surface area contributed by atoms with Gasteiger partial charge >= 0.3 is 0 Å². The monoisotopic (exact) mass is 487 g/mol. The van der Waals surface area contributed by atoms with E-state index in [9.17, 15) is 13.2 Å². The molecule has 4 aromatic rings. The first-order valence-corrected chi connectivity index (χ1v) is 12.4. The highest BCUT2D eigenvalue weighted by molar-refractivity contribution is 7.92. The number of hydrogen-bond acceptors (Lipinski definition) is 5. The zero-order valence-electron chi connectivity index (χ0n) is 19.1. The number of hydrogen-bond donors (Lipinski definition) is 3. The fraction of sp³-hybridized carbons (Fsp3) is 0.0741. The Morgan fingerprint density at radius 3 is 2.26 bits per heavy atom. The van der Waals surface area contributed by atoms with Gasteiger partial charge in [-0.2, -0.15) is 0 Å². The summed E-state index contributed by atoms with van der Waals surface area (Å²) < 4.78 is 33.1. The first kappa shape index (κ1) is 23.8. The fourth-order valence-corrected chi connectivity index (χ4v) is 4.60. The molecule has 4 rings (SSSR count). The van der Waals surface area contributed by atoms with E-state index in [1.807, 2.05) is 49.4 Å². The minimum absolute atomic E-state index is 0.110. The van der Waals surface area contributed by atoms with Crippen LogP contribution in [0.4, 0.5) is 5.69 Å². The van der Waals surface area contributed by atoms with Crippen molar-refractivity contribution in [1.82, 2.24) is 10.9 Å². The highest BCUT2D eigenvalue weighted by atomic mass is 32.2. The zero-order chi connectivity index (χ0) is 24.8. The van der Waals surface area contributed by atoms with E-state index in [4.69, 9.17) is 4.74 Å². The Kier molecular flexibility index (Phi) is 7.03. The summed E-state index contributed by atoms with van der Waals surface area (Å²) in [6, 6.07) is 26.1. The smallest absolute Gasteiger partial charge is 0.269 e. The quantitative estimate of drug-likeness (QED) is 0.291. The summed E-state index contributed by atoms with van der Waals surface area (Å²) in [4.78, 5) is 12.7. The molecule has 0 heterocycles. The van der Waals surface area contributed by atoms with Crippen LogP contribution in [0.3, 0.4) is 0 Å². The summed E-state index contributed by atoms with van der Waals surface area (Å²) in [5, 5.41) is 2.09. The lowest BCUT2D eigenvalue weighted by molar-refractivity contribution is 0.0942. The Balaban J connectivity index is 1.38. The Morgan fingerprint density at radius 1 is 0.857 bits per heavy atom. The molecular formula is C27H25N3O4S. The predicted molar refractivity (Wildman–Crippen MR) is 138 cm³/mol. The van der Waals surface area contributed by atoms with Crippen LogP contribution in [0.5, 0.6) is 5.75 Å². The maximum absolute atomic E-state index is 12.6. The lowest BCUT2D eigenvalue weighted by atomic mass is 10.0. The van der Waals surface area contributed by atoms with Crippen LogP contribution in [0.2, 0.25) is 0 Å². The third-order valence-electron chi connectivity index (χ3n) is 5.29. The largest absolute Gasteiger partial charge is 0.494 e. The van der Waals surface area contributed by atoms with Gasteiger partial charge in [-0.05, 0) is 66.2 Å². The van der Waals surface area contributed by atoms with Gasteiger partial charge in [-0.15, -0.1) is 0 Å². The molecule has 0 aromatic heterocycles. The Hall–Kier alpha value is -4.30. The van der Waals surface area contributed by atoms with E-state index in [1.54, 1.807) is 12.1 Å². The van der Waals surface area contributed by atoms with E-state index in [1.165, 1.54) is 36.4 Å². The van der Waals surface area contributed by atoms with E-state index >= 15 is 0 Å². The molecule has 8 heteroatoms. The topological polar surface area (TPSA) is 96.5 Å². The fourth-order valence-electron chi connectivity index (χ4n) is 3.55. The van der Waals surface area contributed by atoms with Crippen molar-refractivity contribution in [2.75, 3.05) is 11.3 Å². The van der Waals surface area contributed by atoms with Crippen LogP contribution in [0.15, 0.2) is 102 Å². The predicted octanol–water partition coefficient (Wildman–Crippen LogP) is 4.94.